The fourth-order valence-electron chi connectivity index (χ4n) is 1.58. The lowest BCUT2D eigenvalue weighted by Gasteiger charge is -2.27. The summed E-state index contributed by atoms with van der Waals surface area (Å²) in [6.07, 6.45) is -3.23. The molecule has 1 unspecified atom stereocenters. The molecular formula is C12H13Cl2F4N. The molecule has 0 fully saturated rings. The quantitative estimate of drug-likeness (QED) is 0.733. The highest BCUT2D eigenvalue weighted by Crippen LogP contribution is 2.38. The van der Waals surface area contributed by atoms with Gasteiger partial charge < -0.3 is 5.32 Å². The van der Waals surface area contributed by atoms with Gasteiger partial charge in [0.15, 0.2) is 0 Å². The molecule has 1 N–H and O–H groups in total. The maximum Gasteiger partial charge on any atom is 0.326 e. The maximum atomic E-state index is 13.6. The summed E-state index contributed by atoms with van der Waals surface area (Å²) in [5.74, 6) is -4.19. The van der Waals surface area contributed by atoms with E-state index < -0.39 is 18.4 Å². The summed E-state index contributed by atoms with van der Waals surface area (Å²) in [4.78, 5) is 0. The maximum absolute atomic E-state index is 13.6. The average molecular weight is 318 g/mol. The van der Waals surface area contributed by atoms with E-state index in [4.69, 9.17) is 23.2 Å². The molecule has 0 spiro atoms. The molecule has 0 aliphatic rings. The minimum Gasteiger partial charge on any atom is -0.305 e. The van der Waals surface area contributed by atoms with Gasteiger partial charge in [-0.1, -0.05) is 36.2 Å². The molecule has 0 heterocycles. The second kappa shape index (κ2) is 6.77. The van der Waals surface area contributed by atoms with Gasteiger partial charge in [-0.15, -0.1) is 0 Å². The Morgan fingerprint density at radius 3 is 2.32 bits per heavy atom. The topological polar surface area (TPSA) is 12.0 Å². The van der Waals surface area contributed by atoms with Crippen LogP contribution in [-0.4, -0.2) is 18.9 Å². The van der Waals surface area contributed by atoms with Gasteiger partial charge in [-0.2, -0.15) is 8.78 Å². The average Bonchev–Trinajstić information content (AvgIpc) is 2.33. The molecule has 0 aliphatic carbocycles. The van der Waals surface area contributed by atoms with Crippen molar-refractivity contribution >= 4 is 23.2 Å². The van der Waals surface area contributed by atoms with Crippen LogP contribution in [0.15, 0.2) is 18.2 Å². The molecule has 0 amide bonds. The normalized spacial score (nSPS) is 13.9. The lowest BCUT2D eigenvalue weighted by atomic mass is 10.0. The number of hydrogen-bond donors (Lipinski definition) is 1. The minimum atomic E-state index is -4.19. The number of alkyl halides is 4. The molecule has 108 valence electrons. The number of rotatable bonds is 6. The molecule has 0 aliphatic heterocycles. The Bertz CT molecular complexity index is 426. The SMILES string of the molecule is CCCNC(c1ccc(Cl)c(Cl)c1)C(F)(F)C(F)F. The summed E-state index contributed by atoms with van der Waals surface area (Å²) in [5.41, 5.74) is -0.0202. The summed E-state index contributed by atoms with van der Waals surface area (Å²) in [6, 6.07) is 1.94. The van der Waals surface area contributed by atoms with Gasteiger partial charge in [-0.05, 0) is 30.7 Å². The molecule has 0 radical (unpaired) electrons. The predicted molar refractivity (Wildman–Crippen MR) is 68.4 cm³/mol. The van der Waals surface area contributed by atoms with Gasteiger partial charge in [-0.3, -0.25) is 0 Å². The van der Waals surface area contributed by atoms with Gasteiger partial charge in [-0.25, -0.2) is 8.78 Å². The Hall–Kier alpha value is -0.520. The van der Waals surface area contributed by atoms with Crippen molar-refractivity contribution < 1.29 is 17.6 Å². The molecule has 1 atom stereocenters. The fourth-order valence-corrected chi connectivity index (χ4v) is 1.89. The van der Waals surface area contributed by atoms with Crippen LogP contribution in [0.5, 0.6) is 0 Å². The van der Waals surface area contributed by atoms with Gasteiger partial charge in [0.1, 0.15) is 6.04 Å². The number of hydrogen-bond acceptors (Lipinski definition) is 1. The van der Waals surface area contributed by atoms with Crippen molar-refractivity contribution in [1.29, 1.82) is 0 Å². The number of benzene rings is 1. The lowest BCUT2D eigenvalue weighted by Crippen LogP contribution is -2.42. The molecule has 0 bridgehead atoms. The zero-order chi connectivity index (χ0) is 14.6. The molecule has 0 aromatic heterocycles. The van der Waals surface area contributed by atoms with E-state index in [1.807, 2.05) is 0 Å². The van der Waals surface area contributed by atoms with Crippen LogP contribution in [-0.2, 0) is 0 Å². The molecule has 7 heteroatoms. The van der Waals surface area contributed by atoms with E-state index >= 15 is 0 Å². The Morgan fingerprint density at radius 2 is 1.84 bits per heavy atom. The predicted octanol–water partition coefficient (Wildman–Crippen LogP) is 4.93. The van der Waals surface area contributed by atoms with Crippen molar-refractivity contribution in [3.63, 3.8) is 0 Å². The summed E-state index contributed by atoms with van der Waals surface area (Å²) in [5, 5.41) is 2.65. The first-order valence-electron chi connectivity index (χ1n) is 5.65. The minimum absolute atomic E-state index is 0.0202. The standard InChI is InChI=1S/C12H13Cl2F4N/c1-2-5-19-10(12(17,18)11(15)16)7-3-4-8(13)9(14)6-7/h3-4,6,10-11,19H,2,5H2,1H3. The van der Waals surface area contributed by atoms with E-state index in [1.54, 1.807) is 6.92 Å². The van der Waals surface area contributed by atoms with Crippen LogP contribution in [0, 0.1) is 0 Å². The molecule has 19 heavy (non-hydrogen) atoms. The van der Waals surface area contributed by atoms with Crippen molar-refractivity contribution in [2.24, 2.45) is 0 Å². The largest absolute Gasteiger partial charge is 0.326 e. The van der Waals surface area contributed by atoms with Gasteiger partial charge in [0, 0.05) is 0 Å². The smallest absolute Gasteiger partial charge is 0.305 e. The van der Waals surface area contributed by atoms with Crippen molar-refractivity contribution in [3.05, 3.63) is 33.8 Å². The Balaban J connectivity index is 3.12. The number of halogens is 6. The molecule has 1 aromatic rings. The molecule has 1 nitrogen and oxygen atoms in total. The van der Waals surface area contributed by atoms with Crippen LogP contribution < -0.4 is 5.32 Å². The molecule has 0 saturated carbocycles. The van der Waals surface area contributed by atoms with Crippen LogP contribution in [0.4, 0.5) is 17.6 Å². The monoisotopic (exact) mass is 317 g/mol. The van der Waals surface area contributed by atoms with E-state index in [0.717, 1.165) is 0 Å². The molecule has 1 aromatic carbocycles. The van der Waals surface area contributed by atoms with Gasteiger partial charge >= 0.3 is 12.3 Å². The fraction of sp³-hybridized carbons (Fsp3) is 0.500. The van der Waals surface area contributed by atoms with E-state index in [0.29, 0.717) is 6.42 Å². The van der Waals surface area contributed by atoms with Crippen LogP contribution in [0.2, 0.25) is 10.0 Å². The van der Waals surface area contributed by atoms with Crippen LogP contribution in [0.1, 0.15) is 24.9 Å². The molecule has 0 saturated heterocycles. The van der Waals surface area contributed by atoms with Crippen LogP contribution in [0.3, 0.4) is 0 Å². The van der Waals surface area contributed by atoms with Crippen LogP contribution in [0.25, 0.3) is 0 Å². The summed E-state index contributed by atoms with van der Waals surface area (Å²) in [7, 11) is 0. The second-order valence-electron chi connectivity index (χ2n) is 4.04. The Kier molecular flexibility index (Phi) is 5.89. The lowest BCUT2D eigenvalue weighted by molar-refractivity contribution is -0.151. The van der Waals surface area contributed by atoms with Gasteiger partial charge in [0.05, 0.1) is 10.0 Å². The first-order chi connectivity index (χ1) is 8.80. The van der Waals surface area contributed by atoms with Gasteiger partial charge in [0.25, 0.3) is 0 Å². The first kappa shape index (κ1) is 16.5. The highest BCUT2D eigenvalue weighted by molar-refractivity contribution is 6.42. The third kappa shape index (κ3) is 3.97. The van der Waals surface area contributed by atoms with Crippen LogP contribution >= 0.6 is 23.2 Å². The van der Waals surface area contributed by atoms with Crippen molar-refractivity contribution in [1.82, 2.24) is 5.32 Å². The summed E-state index contributed by atoms with van der Waals surface area (Å²) < 4.78 is 52.1. The highest BCUT2D eigenvalue weighted by atomic mass is 35.5. The highest BCUT2D eigenvalue weighted by Gasteiger charge is 2.49. The first-order valence-corrected chi connectivity index (χ1v) is 6.40. The van der Waals surface area contributed by atoms with Crippen molar-refractivity contribution in [3.8, 4) is 0 Å². The Morgan fingerprint density at radius 1 is 1.21 bits per heavy atom. The van der Waals surface area contributed by atoms with E-state index in [2.05, 4.69) is 5.32 Å². The van der Waals surface area contributed by atoms with Gasteiger partial charge in [0.2, 0.25) is 0 Å². The van der Waals surface area contributed by atoms with E-state index in [1.165, 1.54) is 18.2 Å². The summed E-state index contributed by atoms with van der Waals surface area (Å²) in [6.45, 7) is 1.94. The third-order valence-corrected chi connectivity index (χ3v) is 3.29. The van der Waals surface area contributed by atoms with Crippen molar-refractivity contribution in [2.75, 3.05) is 6.54 Å². The van der Waals surface area contributed by atoms with Crippen molar-refractivity contribution in [2.45, 2.75) is 31.7 Å². The van der Waals surface area contributed by atoms with E-state index in [9.17, 15) is 17.6 Å². The Labute approximate surface area is 118 Å². The zero-order valence-electron chi connectivity index (χ0n) is 10.1. The second-order valence-corrected chi connectivity index (χ2v) is 4.85. The zero-order valence-corrected chi connectivity index (χ0v) is 11.6. The molecule has 1 rings (SSSR count). The third-order valence-electron chi connectivity index (χ3n) is 2.55. The summed E-state index contributed by atoms with van der Waals surface area (Å²) >= 11 is 11.4. The van der Waals surface area contributed by atoms with E-state index in [-0.39, 0.29) is 22.2 Å². The number of nitrogens with one attached hydrogen (secondary N) is 1. The molecular weight excluding hydrogens is 305 g/mol.